The number of carbonyl (C=O) groups excluding carboxylic acids is 2. The lowest BCUT2D eigenvalue weighted by atomic mass is 10.3. The number of hydrogen-bond acceptors (Lipinski definition) is 6. The van der Waals surface area contributed by atoms with E-state index in [9.17, 15) is 9.59 Å². The number of aromatic nitrogens is 1. The van der Waals surface area contributed by atoms with Crippen molar-refractivity contribution in [3.8, 4) is 0 Å². The molecule has 1 aromatic rings. The third-order valence-corrected chi connectivity index (χ3v) is 3.96. The van der Waals surface area contributed by atoms with E-state index in [2.05, 4.69) is 15.0 Å². The molecule has 104 valence electrons. The summed E-state index contributed by atoms with van der Waals surface area (Å²) in [5.41, 5.74) is 6.24. The van der Waals surface area contributed by atoms with E-state index >= 15 is 0 Å². The Balaban J connectivity index is 1.99. The van der Waals surface area contributed by atoms with E-state index in [4.69, 9.17) is 5.73 Å². The minimum atomic E-state index is -0.475. The molecule has 0 spiro atoms. The maximum atomic E-state index is 12.3. The molecule has 2 amide bonds. The van der Waals surface area contributed by atoms with Gasteiger partial charge in [0.2, 0.25) is 0 Å². The highest BCUT2D eigenvalue weighted by Gasteiger charge is 2.30. The summed E-state index contributed by atoms with van der Waals surface area (Å²) in [5.74, 6) is -0.0825. The van der Waals surface area contributed by atoms with Crippen molar-refractivity contribution in [1.29, 1.82) is 0 Å². The van der Waals surface area contributed by atoms with E-state index in [0.717, 1.165) is 0 Å². The van der Waals surface area contributed by atoms with Crippen LogP contribution < -0.4 is 11.1 Å². The van der Waals surface area contributed by atoms with Crippen molar-refractivity contribution >= 4 is 28.5 Å². The van der Waals surface area contributed by atoms with Crippen LogP contribution in [0.25, 0.3) is 0 Å². The zero-order valence-electron chi connectivity index (χ0n) is 10.8. The number of methoxy groups -OCH3 is 1. The van der Waals surface area contributed by atoms with Crippen LogP contribution in [0.2, 0.25) is 0 Å². The molecular weight excluding hydrogens is 268 g/mol. The number of likely N-dealkylation sites (tertiary alicyclic amines) is 1. The number of alkyl carbamates (subject to hydrolysis) is 1. The first kappa shape index (κ1) is 13.6. The number of ether oxygens (including phenoxy) is 1. The second kappa shape index (κ2) is 5.43. The number of nitrogens with zero attached hydrogens (tertiary/aromatic N) is 2. The lowest BCUT2D eigenvalue weighted by Crippen LogP contribution is -2.38. The van der Waals surface area contributed by atoms with Gasteiger partial charge in [-0.05, 0) is 13.3 Å². The van der Waals surface area contributed by atoms with Gasteiger partial charge < -0.3 is 20.7 Å². The first-order valence-corrected chi connectivity index (χ1v) is 6.69. The van der Waals surface area contributed by atoms with Crippen LogP contribution >= 0.6 is 11.3 Å². The molecule has 1 fully saturated rings. The summed E-state index contributed by atoms with van der Waals surface area (Å²) in [6.45, 7) is 2.84. The second-order valence-electron chi connectivity index (χ2n) is 4.34. The Morgan fingerprint density at radius 1 is 1.58 bits per heavy atom. The second-order valence-corrected chi connectivity index (χ2v) is 5.37. The fraction of sp³-hybridized carbons (Fsp3) is 0.545. The van der Waals surface area contributed by atoms with E-state index in [1.807, 2.05) is 0 Å². The third kappa shape index (κ3) is 2.95. The molecule has 0 radical (unpaired) electrons. The highest BCUT2D eigenvalue weighted by Crippen LogP contribution is 2.23. The predicted molar refractivity (Wildman–Crippen MR) is 71.1 cm³/mol. The Hall–Kier alpha value is -1.83. The molecule has 1 aliphatic rings. The van der Waals surface area contributed by atoms with Crippen molar-refractivity contribution in [3.05, 3.63) is 10.6 Å². The van der Waals surface area contributed by atoms with Crippen LogP contribution in [0.4, 0.5) is 9.93 Å². The summed E-state index contributed by atoms with van der Waals surface area (Å²) in [6.07, 6.45) is 0.242. The molecular formula is C11H16N4O3S. The molecule has 19 heavy (non-hydrogen) atoms. The Morgan fingerprint density at radius 2 is 2.32 bits per heavy atom. The normalized spacial score (nSPS) is 18.4. The number of rotatable bonds is 2. The first-order chi connectivity index (χ1) is 9.01. The standard InChI is InChI=1S/C11H16N4O3S/c1-6-8(19-10(12)13-6)9(16)15-4-3-7(5-15)14-11(17)18-2/h7H,3-5H2,1-2H3,(H2,12,13)(H,14,17). The number of hydrogen-bond donors (Lipinski definition) is 2. The zero-order valence-corrected chi connectivity index (χ0v) is 11.6. The minimum absolute atomic E-state index is 0.0676. The van der Waals surface area contributed by atoms with Gasteiger partial charge in [0.05, 0.1) is 18.8 Å². The molecule has 2 heterocycles. The smallest absolute Gasteiger partial charge is 0.407 e. The maximum absolute atomic E-state index is 12.3. The van der Waals surface area contributed by atoms with Crippen LogP contribution in [0.3, 0.4) is 0 Å². The fourth-order valence-corrected chi connectivity index (χ4v) is 2.85. The number of anilines is 1. The van der Waals surface area contributed by atoms with Gasteiger partial charge >= 0.3 is 6.09 Å². The molecule has 1 saturated heterocycles. The van der Waals surface area contributed by atoms with Gasteiger partial charge in [0.25, 0.3) is 5.91 Å². The quantitative estimate of drug-likeness (QED) is 0.829. The molecule has 1 aromatic heterocycles. The molecule has 3 N–H and O–H groups in total. The minimum Gasteiger partial charge on any atom is -0.453 e. The molecule has 1 atom stereocenters. The van der Waals surface area contributed by atoms with Crippen LogP contribution in [-0.2, 0) is 4.74 Å². The van der Waals surface area contributed by atoms with Crippen molar-refractivity contribution in [1.82, 2.24) is 15.2 Å². The summed E-state index contributed by atoms with van der Waals surface area (Å²) in [7, 11) is 1.32. The Bertz CT molecular complexity index is 502. The lowest BCUT2D eigenvalue weighted by Gasteiger charge is -2.16. The third-order valence-electron chi connectivity index (χ3n) is 2.99. The highest BCUT2D eigenvalue weighted by atomic mass is 32.1. The van der Waals surface area contributed by atoms with E-state index in [1.54, 1.807) is 11.8 Å². The summed E-state index contributed by atoms with van der Waals surface area (Å²) < 4.78 is 4.54. The largest absolute Gasteiger partial charge is 0.453 e. The number of nitrogen functional groups attached to an aromatic ring is 1. The average Bonchev–Trinajstić information content (AvgIpc) is 2.95. The van der Waals surface area contributed by atoms with Gasteiger partial charge in [0, 0.05) is 13.1 Å². The molecule has 0 saturated carbocycles. The Labute approximate surface area is 114 Å². The number of nitrogens with two attached hydrogens (primary N) is 1. The molecule has 8 heteroatoms. The first-order valence-electron chi connectivity index (χ1n) is 5.88. The van der Waals surface area contributed by atoms with Crippen LogP contribution in [-0.4, -0.2) is 48.1 Å². The van der Waals surface area contributed by atoms with Gasteiger partial charge in [-0.3, -0.25) is 4.79 Å². The fourth-order valence-electron chi connectivity index (χ4n) is 2.05. The number of carbonyl (C=O) groups is 2. The maximum Gasteiger partial charge on any atom is 0.407 e. The summed E-state index contributed by atoms with van der Waals surface area (Å²) in [6, 6.07) is -0.0676. The monoisotopic (exact) mass is 284 g/mol. The summed E-state index contributed by atoms with van der Waals surface area (Å²) >= 11 is 1.19. The molecule has 1 unspecified atom stereocenters. The van der Waals surface area contributed by atoms with E-state index in [0.29, 0.717) is 35.2 Å². The van der Waals surface area contributed by atoms with Gasteiger partial charge in [-0.1, -0.05) is 11.3 Å². The van der Waals surface area contributed by atoms with Gasteiger partial charge in [0.15, 0.2) is 5.13 Å². The molecule has 7 nitrogen and oxygen atoms in total. The predicted octanol–water partition coefficient (Wildman–Crippen LogP) is 0.604. The van der Waals surface area contributed by atoms with Crippen LogP contribution in [0.15, 0.2) is 0 Å². The molecule has 0 aromatic carbocycles. The van der Waals surface area contributed by atoms with Crippen molar-refractivity contribution in [2.75, 3.05) is 25.9 Å². The van der Waals surface area contributed by atoms with E-state index in [-0.39, 0.29) is 11.9 Å². The molecule has 1 aliphatic heterocycles. The van der Waals surface area contributed by atoms with Crippen LogP contribution in [0.5, 0.6) is 0 Å². The summed E-state index contributed by atoms with van der Waals surface area (Å²) in [4.78, 5) is 29.7. The van der Waals surface area contributed by atoms with Crippen LogP contribution in [0, 0.1) is 6.92 Å². The highest BCUT2D eigenvalue weighted by molar-refractivity contribution is 7.17. The molecule has 0 bridgehead atoms. The van der Waals surface area contributed by atoms with Crippen molar-refractivity contribution < 1.29 is 14.3 Å². The Kier molecular flexibility index (Phi) is 3.89. The average molecular weight is 284 g/mol. The number of amides is 2. The van der Waals surface area contributed by atoms with Gasteiger partial charge in [-0.15, -0.1) is 0 Å². The van der Waals surface area contributed by atoms with Gasteiger partial charge in [-0.2, -0.15) is 0 Å². The Morgan fingerprint density at radius 3 is 2.89 bits per heavy atom. The van der Waals surface area contributed by atoms with Gasteiger partial charge in [0.1, 0.15) is 4.88 Å². The number of aryl methyl sites for hydroxylation is 1. The number of nitrogens with one attached hydrogen (secondary N) is 1. The van der Waals surface area contributed by atoms with E-state index in [1.165, 1.54) is 18.4 Å². The van der Waals surface area contributed by atoms with Crippen molar-refractivity contribution in [2.24, 2.45) is 0 Å². The number of thiazole rings is 1. The molecule has 0 aliphatic carbocycles. The van der Waals surface area contributed by atoms with Crippen LogP contribution in [0.1, 0.15) is 21.8 Å². The molecule has 2 rings (SSSR count). The van der Waals surface area contributed by atoms with Gasteiger partial charge in [-0.25, -0.2) is 9.78 Å². The van der Waals surface area contributed by atoms with Crippen molar-refractivity contribution in [3.63, 3.8) is 0 Å². The SMILES string of the molecule is COC(=O)NC1CCN(C(=O)c2sc(N)nc2C)C1. The topological polar surface area (TPSA) is 97.5 Å². The van der Waals surface area contributed by atoms with Crippen molar-refractivity contribution in [2.45, 2.75) is 19.4 Å². The summed E-state index contributed by atoms with van der Waals surface area (Å²) in [5, 5.41) is 3.09. The van der Waals surface area contributed by atoms with E-state index < -0.39 is 6.09 Å². The zero-order chi connectivity index (χ0) is 14.0. The lowest BCUT2D eigenvalue weighted by molar-refractivity contribution is 0.0792.